The molecule has 0 bridgehead atoms. The topological polar surface area (TPSA) is 37.4 Å². The fourth-order valence-corrected chi connectivity index (χ4v) is 4.11. The summed E-state index contributed by atoms with van der Waals surface area (Å²) in [4.78, 5) is 8.79. The van der Waals surface area contributed by atoms with Gasteiger partial charge in [-0.3, -0.25) is 0 Å². The number of anilines is 1. The number of thiazole rings is 1. The van der Waals surface area contributed by atoms with Crippen LogP contribution in [-0.2, 0) is 11.2 Å². The zero-order chi connectivity index (χ0) is 12.5. The Labute approximate surface area is 112 Å². The molecule has 1 fully saturated rings. The number of ether oxygens (including phenoxy) is 1. The maximum Gasteiger partial charge on any atom is 0.186 e. The molecule has 18 heavy (non-hydrogen) atoms. The van der Waals surface area contributed by atoms with E-state index in [1.54, 1.807) is 0 Å². The van der Waals surface area contributed by atoms with Gasteiger partial charge in [0.1, 0.15) is 0 Å². The van der Waals surface area contributed by atoms with Crippen molar-refractivity contribution in [3.05, 3.63) is 10.6 Å². The summed E-state index contributed by atoms with van der Waals surface area (Å²) in [6.07, 6.45) is 3.69. The van der Waals surface area contributed by atoms with Gasteiger partial charge in [-0.1, -0.05) is 0 Å². The molecule has 4 nitrogen and oxygen atoms in total. The summed E-state index contributed by atoms with van der Waals surface area (Å²) in [6, 6.07) is 0.898. The van der Waals surface area contributed by atoms with Crippen LogP contribution in [0.1, 0.15) is 36.4 Å². The van der Waals surface area contributed by atoms with E-state index in [0.717, 1.165) is 19.8 Å². The van der Waals surface area contributed by atoms with Crippen LogP contribution in [-0.4, -0.2) is 37.8 Å². The number of aromatic nitrogens is 1. The Morgan fingerprint density at radius 3 is 3.17 bits per heavy atom. The van der Waals surface area contributed by atoms with Gasteiger partial charge in [0, 0.05) is 11.4 Å². The Morgan fingerprint density at radius 1 is 1.50 bits per heavy atom. The molecule has 0 amide bonds. The number of aryl methyl sites for hydroxylation is 1. The molecular formula is C13H21N3OS. The lowest BCUT2D eigenvalue weighted by Crippen LogP contribution is -2.43. The molecule has 1 N–H and O–H groups in total. The second-order valence-electron chi connectivity index (χ2n) is 5.16. The summed E-state index contributed by atoms with van der Waals surface area (Å²) in [5.74, 6) is 0. The van der Waals surface area contributed by atoms with Gasteiger partial charge in [0.05, 0.1) is 31.0 Å². The Morgan fingerprint density at radius 2 is 2.39 bits per heavy atom. The fraction of sp³-hybridized carbons (Fsp3) is 0.769. The number of nitrogens with one attached hydrogen (secondary N) is 1. The van der Waals surface area contributed by atoms with E-state index in [9.17, 15) is 0 Å². The normalized spacial score (nSPS) is 28.2. The average molecular weight is 267 g/mol. The third-order valence-electron chi connectivity index (χ3n) is 3.90. The monoisotopic (exact) mass is 267 g/mol. The molecular weight excluding hydrogens is 246 g/mol. The minimum atomic E-state index is 0.444. The lowest BCUT2D eigenvalue weighted by molar-refractivity contribution is 0.0989. The molecule has 1 saturated heterocycles. The predicted octanol–water partition coefficient (Wildman–Crippen LogP) is 1.97. The standard InChI is InChI=1S/C13H21N3OS/c1-9-8-17-7-6-16(9)13-15-12-10(14-2)4-3-5-11(12)18-13/h9-10,14H,3-8H2,1-2H3. The molecule has 0 radical (unpaired) electrons. The lowest BCUT2D eigenvalue weighted by Gasteiger charge is -2.32. The van der Waals surface area contributed by atoms with Crippen molar-refractivity contribution in [3.8, 4) is 0 Å². The van der Waals surface area contributed by atoms with Gasteiger partial charge in [0.2, 0.25) is 0 Å². The highest BCUT2D eigenvalue weighted by atomic mass is 32.1. The van der Waals surface area contributed by atoms with Crippen LogP contribution in [0.3, 0.4) is 0 Å². The molecule has 3 rings (SSSR count). The van der Waals surface area contributed by atoms with Crippen molar-refractivity contribution >= 4 is 16.5 Å². The van der Waals surface area contributed by atoms with E-state index >= 15 is 0 Å². The summed E-state index contributed by atoms with van der Waals surface area (Å²) in [5, 5.41) is 4.58. The SMILES string of the molecule is CNC1CCCc2sc(N3CCOCC3C)nc21. The van der Waals surface area contributed by atoms with Crippen molar-refractivity contribution in [3.63, 3.8) is 0 Å². The number of rotatable bonds is 2. The molecule has 0 aromatic carbocycles. The molecule has 0 spiro atoms. The molecule has 2 aliphatic rings. The fourth-order valence-electron chi connectivity index (χ4n) is 2.82. The number of hydrogen-bond donors (Lipinski definition) is 1. The van der Waals surface area contributed by atoms with E-state index in [0.29, 0.717) is 12.1 Å². The van der Waals surface area contributed by atoms with E-state index in [2.05, 4.69) is 17.1 Å². The van der Waals surface area contributed by atoms with Crippen LogP contribution in [0.2, 0.25) is 0 Å². The van der Waals surface area contributed by atoms with E-state index in [-0.39, 0.29) is 0 Å². The van der Waals surface area contributed by atoms with E-state index in [4.69, 9.17) is 9.72 Å². The van der Waals surface area contributed by atoms with Crippen molar-refractivity contribution < 1.29 is 4.74 Å². The summed E-state index contributed by atoms with van der Waals surface area (Å²) in [6.45, 7) is 4.83. The minimum absolute atomic E-state index is 0.444. The molecule has 1 aliphatic carbocycles. The molecule has 5 heteroatoms. The third-order valence-corrected chi connectivity index (χ3v) is 5.07. The lowest BCUT2D eigenvalue weighted by atomic mass is 9.98. The van der Waals surface area contributed by atoms with Crippen LogP contribution in [0.4, 0.5) is 5.13 Å². The third kappa shape index (κ3) is 2.15. The molecule has 2 unspecified atom stereocenters. The van der Waals surface area contributed by atoms with E-state index < -0.39 is 0 Å². The van der Waals surface area contributed by atoms with Gasteiger partial charge in [0.25, 0.3) is 0 Å². The molecule has 2 heterocycles. The maximum atomic E-state index is 5.50. The number of morpholine rings is 1. The second kappa shape index (κ2) is 5.15. The molecule has 1 aromatic heterocycles. The van der Waals surface area contributed by atoms with Crippen molar-refractivity contribution in [2.45, 2.75) is 38.3 Å². The van der Waals surface area contributed by atoms with Crippen LogP contribution in [0, 0.1) is 0 Å². The molecule has 1 aliphatic heterocycles. The molecule has 1 aromatic rings. The van der Waals surface area contributed by atoms with Gasteiger partial charge in [-0.05, 0) is 33.2 Å². The second-order valence-corrected chi connectivity index (χ2v) is 6.22. The highest BCUT2D eigenvalue weighted by molar-refractivity contribution is 7.15. The van der Waals surface area contributed by atoms with Gasteiger partial charge >= 0.3 is 0 Å². The summed E-state index contributed by atoms with van der Waals surface area (Å²) >= 11 is 1.88. The first-order valence-electron chi connectivity index (χ1n) is 6.81. The largest absolute Gasteiger partial charge is 0.377 e. The first-order chi connectivity index (χ1) is 8.79. The first kappa shape index (κ1) is 12.4. The average Bonchev–Trinajstić information content (AvgIpc) is 2.82. The van der Waals surface area contributed by atoms with Gasteiger partial charge in [-0.15, -0.1) is 11.3 Å². The Kier molecular flexibility index (Phi) is 3.54. The molecule has 100 valence electrons. The number of fused-ring (bicyclic) bond motifs is 1. The van der Waals surface area contributed by atoms with Gasteiger partial charge in [0.15, 0.2) is 5.13 Å². The number of nitrogens with zero attached hydrogens (tertiary/aromatic N) is 2. The van der Waals surface area contributed by atoms with Crippen molar-refractivity contribution in [2.24, 2.45) is 0 Å². The van der Waals surface area contributed by atoms with Crippen LogP contribution >= 0.6 is 11.3 Å². The Hall–Kier alpha value is -0.650. The summed E-state index contributed by atoms with van der Waals surface area (Å²) < 4.78 is 5.50. The van der Waals surface area contributed by atoms with E-state index in [1.807, 2.05) is 18.4 Å². The smallest absolute Gasteiger partial charge is 0.186 e. The first-order valence-corrected chi connectivity index (χ1v) is 7.62. The highest BCUT2D eigenvalue weighted by Crippen LogP contribution is 2.37. The van der Waals surface area contributed by atoms with Crippen molar-refractivity contribution in [2.75, 3.05) is 31.7 Å². The molecule has 2 atom stereocenters. The number of hydrogen-bond acceptors (Lipinski definition) is 5. The van der Waals surface area contributed by atoms with E-state index in [1.165, 1.54) is 35.0 Å². The minimum Gasteiger partial charge on any atom is -0.377 e. The van der Waals surface area contributed by atoms with Crippen LogP contribution in [0.25, 0.3) is 0 Å². The predicted molar refractivity (Wildman–Crippen MR) is 74.5 cm³/mol. The van der Waals surface area contributed by atoms with Gasteiger partial charge in [-0.2, -0.15) is 0 Å². The molecule has 0 saturated carbocycles. The van der Waals surface area contributed by atoms with Crippen molar-refractivity contribution in [1.29, 1.82) is 0 Å². The summed E-state index contributed by atoms with van der Waals surface area (Å²) in [7, 11) is 2.04. The van der Waals surface area contributed by atoms with Crippen molar-refractivity contribution in [1.82, 2.24) is 10.3 Å². The zero-order valence-electron chi connectivity index (χ0n) is 11.1. The van der Waals surface area contributed by atoms with Crippen LogP contribution in [0.15, 0.2) is 0 Å². The highest BCUT2D eigenvalue weighted by Gasteiger charge is 2.27. The van der Waals surface area contributed by atoms with Crippen LogP contribution in [0.5, 0.6) is 0 Å². The van der Waals surface area contributed by atoms with Gasteiger partial charge < -0.3 is 15.0 Å². The maximum absolute atomic E-state index is 5.50. The van der Waals surface area contributed by atoms with Gasteiger partial charge in [-0.25, -0.2) is 4.98 Å². The van der Waals surface area contributed by atoms with Crippen LogP contribution < -0.4 is 10.2 Å². The Balaban J connectivity index is 1.87. The zero-order valence-corrected chi connectivity index (χ0v) is 11.9. The Bertz CT molecular complexity index is 420. The summed E-state index contributed by atoms with van der Waals surface area (Å²) in [5.41, 5.74) is 1.29. The quantitative estimate of drug-likeness (QED) is 0.889.